The molecule has 92 valence electrons. The standard InChI is InChI=1S/C11H14BBrClNO2/c1-10(2)11(3,4)17-12(16-10)8-5-7(13)6-15-9(8)14/h5-6H,1-4H3. The molecule has 0 spiro atoms. The third-order valence-electron chi connectivity index (χ3n) is 3.34. The van der Waals surface area contributed by atoms with Gasteiger partial charge in [0.05, 0.1) is 11.2 Å². The molecule has 0 amide bonds. The largest absolute Gasteiger partial charge is 0.498 e. The summed E-state index contributed by atoms with van der Waals surface area (Å²) >= 11 is 9.44. The summed E-state index contributed by atoms with van der Waals surface area (Å²) in [5.41, 5.74) is 0.00629. The van der Waals surface area contributed by atoms with Crippen LogP contribution in [-0.4, -0.2) is 23.3 Å². The highest BCUT2D eigenvalue weighted by molar-refractivity contribution is 9.10. The number of aromatic nitrogens is 1. The van der Waals surface area contributed by atoms with Gasteiger partial charge in [-0.15, -0.1) is 0 Å². The van der Waals surface area contributed by atoms with Gasteiger partial charge in [-0.25, -0.2) is 4.98 Å². The van der Waals surface area contributed by atoms with Crippen LogP contribution < -0.4 is 5.46 Å². The van der Waals surface area contributed by atoms with E-state index in [1.807, 2.05) is 33.8 Å². The van der Waals surface area contributed by atoms with Crippen molar-refractivity contribution in [3.63, 3.8) is 0 Å². The maximum atomic E-state index is 6.07. The highest BCUT2D eigenvalue weighted by atomic mass is 79.9. The number of nitrogens with zero attached hydrogens (tertiary/aromatic N) is 1. The van der Waals surface area contributed by atoms with E-state index in [-0.39, 0.29) is 11.2 Å². The molecule has 17 heavy (non-hydrogen) atoms. The third kappa shape index (κ3) is 2.39. The monoisotopic (exact) mass is 317 g/mol. The zero-order chi connectivity index (χ0) is 12.8. The fraction of sp³-hybridized carbons (Fsp3) is 0.545. The summed E-state index contributed by atoms with van der Waals surface area (Å²) in [5.74, 6) is 0. The van der Waals surface area contributed by atoms with Crippen molar-refractivity contribution in [2.75, 3.05) is 0 Å². The van der Waals surface area contributed by atoms with Gasteiger partial charge in [0, 0.05) is 16.1 Å². The van der Waals surface area contributed by atoms with E-state index in [1.165, 1.54) is 0 Å². The topological polar surface area (TPSA) is 31.4 Å². The zero-order valence-corrected chi connectivity index (χ0v) is 12.6. The predicted octanol–water partition coefficient (Wildman–Crippen LogP) is 2.80. The van der Waals surface area contributed by atoms with Crippen molar-refractivity contribution < 1.29 is 9.31 Å². The lowest BCUT2D eigenvalue weighted by Crippen LogP contribution is -2.41. The minimum absolute atomic E-state index is 0.372. The molecule has 1 aliphatic rings. The van der Waals surface area contributed by atoms with Crippen LogP contribution in [0.4, 0.5) is 0 Å². The van der Waals surface area contributed by atoms with E-state index >= 15 is 0 Å². The first-order chi connectivity index (χ1) is 7.73. The van der Waals surface area contributed by atoms with Crippen LogP contribution >= 0.6 is 27.5 Å². The Kier molecular flexibility index (Phi) is 3.32. The molecule has 0 N–H and O–H groups in total. The van der Waals surface area contributed by atoms with Gasteiger partial charge in [-0.2, -0.15) is 0 Å². The van der Waals surface area contributed by atoms with Crippen LogP contribution in [0.1, 0.15) is 27.7 Å². The Labute approximate surface area is 115 Å². The summed E-state index contributed by atoms with van der Waals surface area (Å²) in [6.45, 7) is 8.03. The molecule has 1 aromatic rings. The van der Waals surface area contributed by atoms with E-state index in [9.17, 15) is 0 Å². The summed E-state index contributed by atoms with van der Waals surface area (Å²) in [5, 5.41) is 0.409. The van der Waals surface area contributed by atoms with Crippen LogP contribution in [-0.2, 0) is 9.31 Å². The number of rotatable bonds is 1. The van der Waals surface area contributed by atoms with E-state index in [0.717, 1.165) is 9.94 Å². The van der Waals surface area contributed by atoms with Crippen molar-refractivity contribution in [2.24, 2.45) is 0 Å². The Hall–Kier alpha value is -0.0951. The number of hydrogen-bond acceptors (Lipinski definition) is 3. The highest BCUT2D eigenvalue weighted by Crippen LogP contribution is 2.36. The molecule has 0 aliphatic carbocycles. The maximum Gasteiger partial charge on any atom is 0.498 e. The SMILES string of the molecule is CC1(C)OB(c2cc(Br)cnc2Cl)OC1(C)C. The quantitative estimate of drug-likeness (QED) is 0.589. The molecule has 6 heteroatoms. The minimum Gasteiger partial charge on any atom is -0.399 e. The van der Waals surface area contributed by atoms with Crippen LogP contribution in [0.25, 0.3) is 0 Å². The molecular formula is C11H14BBrClNO2. The first kappa shape index (κ1) is 13.3. The Balaban J connectivity index is 2.35. The Morgan fingerprint density at radius 1 is 1.24 bits per heavy atom. The molecule has 0 radical (unpaired) electrons. The lowest BCUT2D eigenvalue weighted by Gasteiger charge is -2.32. The molecule has 0 atom stereocenters. The van der Waals surface area contributed by atoms with Crippen LogP contribution in [0, 0.1) is 0 Å². The van der Waals surface area contributed by atoms with Crippen molar-refractivity contribution in [3.05, 3.63) is 21.9 Å². The second kappa shape index (κ2) is 4.23. The van der Waals surface area contributed by atoms with E-state index < -0.39 is 7.12 Å². The van der Waals surface area contributed by atoms with Crippen molar-refractivity contribution in [3.8, 4) is 0 Å². The van der Waals surface area contributed by atoms with E-state index in [2.05, 4.69) is 20.9 Å². The van der Waals surface area contributed by atoms with Gasteiger partial charge in [0.25, 0.3) is 0 Å². The first-order valence-corrected chi connectivity index (χ1v) is 6.57. The molecule has 2 heterocycles. The van der Waals surface area contributed by atoms with Crippen molar-refractivity contribution >= 4 is 40.1 Å². The van der Waals surface area contributed by atoms with E-state index in [4.69, 9.17) is 20.9 Å². The van der Waals surface area contributed by atoms with Gasteiger partial charge in [-0.3, -0.25) is 0 Å². The maximum absolute atomic E-state index is 6.07. The third-order valence-corrected chi connectivity index (χ3v) is 4.09. The molecule has 1 aliphatic heterocycles. The van der Waals surface area contributed by atoms with Gasteiger partial charge >= 0.3 is 7.12 Å². The van der Waals surface area contributed by atoms with Crippen LogP contribution in [0.5, 0.6) is 0 Å². The fourth-order valence-electron chi connectivity index (χ4n) is 1.57. The average Bonchev–Trinajstić information content (AvgIpc) is 2.40. The Bertz CT molecular complexity index is 437. The fourth-order valence-corrected chi connectivity index (χ4v) is 2.12. The molecule has 0 unspecified atom stereocenters. The average molecular weight is 318 g/mol. The highest BCUT2D eigenvalue weighted by Gasteiger charge is 2.52. The molecular weight excluding hydrogens is 304 g/mol. The number of pyridine rings is 1. The number of hydrogen-bond donors (Lipinski definition) is 0. The van der Waals surface area contributed by atoms with Gasteiger partial charge in [0.15, 0.2) is 0 Å². The number of halogens is 2. The van der Waals surface area contributed by atoms with E-state index in [0.29, 0.717) is 5.15 Å². The smallest absolute Gasteiger partial charge is 0.399 e. The summed E-state index contributed by atoms with van der Waals surface area (Å²) < 4.78 is 12.7. The summed E-state index contributed by atoms with van der Waals surface area (Å²) in [4.78, 5) is 4.08. The normalized spacial score (nSPS) is 21.9. The second-order valence-electron chi connectivity index (χ2n) is 5.12. The van der Waals surface area contributed by atoms with Gasteiger partial charge in [-0.05, 0) is 49.7 Å². The zero-order valence-electron chi connectivity index (χ0n) is 10.3. The van der Waals surface area contributed by atoms with Crippen molar-refractivity contribution in [1.29, 1.82) is 0 Å². The van der Waals surface area contributed by atoms with Crippen LogP contribution in [0.3, 0.4) is 0 Å². The summed E-state index contributed by atoms with van der Waals surface area (Å²) in [6.07, 6.45) is 1.65. The molecule has 0 bridgehead atoms. The van der Waals surface area contributed by atoms with Crippen LogP contribution in [0.15, 0.2) is 16.7 Å². The molecule has 0 saturated carbocycles. The van der Waals surface area contributed by atoms with Gasteiger partial charge in [-0.1, -0.05) is 11.6 Å². The van der Waals surface area contributed by atoms with Crippen molar-refractivity contribution in [2.45, 2.75) is 38.9 Å². The lowest BCUT2D eigenvalue weighted by molar-refractivity contribution is 0.00578. The summed E-state index contributed by atoms with van der Waals surface area (Å²) in [6, 6.07) is 1.87. The molecule has 1 aromatic heterocycles. The lowest BCUT2D eigenvalue weighted by atomic mass is 9.80. The predicted molar refractivity (Wildman–Crippen MR) is 72.7 cm³/mol. The second-order valence-corrected chi connectivity index (χ2v) is 6.40. The van der Waals surface area contributed by atoms with Gasteiger partial charge in [0.2, 0.25) is 0 Å². The molecule has 0 aromatic carbocycles. The molecule has 1 saturated heterocycles. The summed E-state index contributed by atoms with van der Waals surface area (Å²) in [7, 11) is -0.475. The minimum atomic E-state index is -0.475. The Morgan fingerprint density at radius 3 is 2.29 bits per heavy atom. The Morgan fingerprint density at radius 2 is 1.76 bits per heavy atom. The molecule has 2 rings (SSSR count). The first-order valence-electron chi connectivity index (χ1n) is 5.39. The van der Waals surface area contributed by atoms with E-state index in [1.54, 1.807) is 6.20 Å². The van der Waals surface area contributed by atoms with Gasteiger partial charge in [0.1, 0.15) is 5.15 Å². The molecule has 3 nitrogen and oxygen atoms in total. The van der Waals surface area contributed by atoms with Crippen LogP contribution in [0.2, 0.25) is 5.15 Å². The molecule has 1 fully saturated rings. The van der Waals surface area contributed by atoms with Gasteiger partial charge < -0.3 is 9.31 Å². The van der Waals surface area contributed by atoms with Crippen molar-refractivity contribution in [1.82, 2.24) is 4.98 Å².